The van der Waals surface area contributed by atoms with E-state index in [2.05, 4.69) is 0 Å². The van der Waals surface area contributed by atoms with Crippen LogP contribution in [0.25, 0.3) is 0 Å². The van der Waals surface area contributed by atoms with Crippen molar-refractivity contribution >= 4 is 18.0 Å². The first-order valence-corrected chi connectivity index (χ1v) is 5.58. The van der Waals surface area contributed by atoms with Crippen molar-refractivity contribution in [2.45, 2.75) is 32.7 Å². The lowest BCUT2D eigenvalue weighted by Gasteiger charge is -2.37. The molecule has 0 heterocycles. The zero-order valence-corrected chi connectivity index (χ0v) is 11.1. The number of hydrogen-bond acceptors (Lipinski definition) is 3. The molecule has 0 atom stereocenters. The number of urea groups is 1. The highest BCUT2D eigenvalue weighted by Gasteiger charge is 2.30. The maximum absolute atomic E-state index is 12.0. The van der Waals surface area contributed by atoms with Crippen LogP contribution in [-0.4, -0.2) is 63.7 Å². The van der Waals surface area contributed by atoms with Crippen LogP contribution in [0.15, 0.2) is 0 Å². The van der Waals surface area contributed by atoms with Crippen LogP contribution in [-0.2, 0) is 9.59 Å². The van der Waals surface area contributed by atoms with Crippen molar-refractivity contribution < 1.29 is 24.6 Å². The highest BCUT2D eigenvalue weighted by Crippen LogP contribution is 2.18. The van der Waals surface area contributed by atoms with Gasteiger partial charge in [-0.15, -0.1) is 0 Å². The molecule has 7 nitrogen and oxygen atoms in total. The summed E-state index contributed by atoms with van der Waals surface area (Å²) in [6, 6.07) is -0.605. The number of rotatable bonds is 6. The third kappa shape index (κ3) is 4.60. The van der Waals surface area contributed by atoms with Crippen molar-refractivity contribution in [1.29, 1.82) is 0 Å². The molecule has 0 aliphatic rings. The van der Waals surface area contributed by atoms with Gasteiger partial charge in [0.25, 0.3) is 0 Å². The van der Waals surface area contributed by atoms with Crippen molar-refractivity contribution in [3.63, 3.8) is 0 Å². The van der Waals surface area contributed by atoms with Gasteiger partial charge in [-0.1, -0.05) is 6.92 Å². The predicted octanol–water partition coefficient (Wildman–Crippen LogP) is 0.698. The van der Waals surface area contributed by atoms with E-state index in [0.717, 1.165) is 4.90 Å². The van der Waals surface area contributed by atoms with Crippen molar-refractivity contribution in [2.75, 3.05) is 20.1 Å². The Morgan fingerprint density at radius 2 is 1.44 bits per heavy atom. The van der Waals surface area contributed by atoms with Gasteiger partial charge in [0.15, 0.2) is 0 Å². The molecule has 2 N–H and O–H groups in total. The van der Waals surface area contributed by atoms with Crippen molar-refractivity contribution in [1.82, 2.24) is 9.80 Å². The largest absolute Gasteiger partial charge is 0.480 e. The van der Waals surface area contributed by atoms with E-state index in [-0.39, 0.29) is 0 Å². The number of hydrogen-bond donors (Lipinski definition) is 2. The second-order valence-corrected chi connectivity index (χ2v) is 4.65. The quantitative estimate of drug-likeness (QED) is 0.732. The molecule has 0 radical (unpaired) electrons. The number of carboxylic acids is 2. The molecule has 0 saturated heterocycles. The van der Waals surface area contributed by atoms with Gasteiger partial charge < -0.3 is 20.0 Å². The van der Waals surface area contributed by atoms with E-state index in [9.17, 15) is 14.4 Å². The Labute approximate surface area is 106 Å². The Morgan fingerprint density at radius 3 is 1.72 bits per heavy atom. The number of carbonyl (C=O) groups is 3. The molecular formula is C11H20N2O5. The molecule has 0 aromatic rings. The van der Waals surface area contributed by atoms with Gasteiger partial charge in [0, 0.05) is 12.6 Å². The Morgan fingerprint density at radius 1 is 1.06 bits per heavy atom. The van der Waals surface area contributed by atoms with Crippen LogP contribution in [0.1, 0.15) is 27.2 Å². The molecule has 0 aliphatic heterocycles. The second kappa shape index (κ2) is 6.23. The van der Waals surface area contributed by atoms with E-state index < -0.39 is 36.6 Å². The van der Waals surface area contributed by atoms with E-state index >= 15 is 0 Å². The van der Waals surface area contributed by atoms with Gasteiger partial charge in [-0.2, -0.15) is 0 Å². The Hall–Kier alpha value is -1.79. The second-order valence-electron chi connectivity index (χ2n) is 4.65. The highest BCUT2D eigenvalue weighted by molar-refractivity contribution is 5.84. The molecule has 7 heteroatoms. The third-order valence-corrected chi connectivity index (χ3v) is 2.98. The number of carboxylic acid groups (broad SMARTS) is 2. The number of amides is 2. The average Bonchev–Trinajstić information content (AvgIpc) is 2.24. The Kier molecular flexibility index (Phi) is 5.61. The van der Waals surface area contributed by atoms with E-state index in [0.29, 0.717) is 6.42 Å². The topological polar surface area (TPSA) is 98.2 Å². The van der Waals surface area contributed by atoms with Crippen molar-refractivity contribution in [2.24, 2.45) is 0 Å². The Bertz CT molecular complexity index is 324. The molecule has 104 valence electrons. The number of aliphatic carboxylic acids is 2. The smallest absolute Gasteiger partial charge is 0.323 e. The minimum absolute atomic E-state index is 0.466. The summed E-state index contributed by atoms with van der Waals surface area (Å²) < 4.78 is 0. The van der Waals surface area contributed by atoms with Gasteiger partial charge in [0.1, 0.15) is 13.1 Å². The van der Waals surface area contributed by atoms with Crippen LogP contribution in [0.3, 0.4) is 0 Å². The van der Waals surface area contributed by atoms with Crippen LogP contribution in [0.2, 0.25) is 0 Å². The molecule has 0 bridgehead atoms. The third-order valence-electron chi connectivity index (χ3n) is 2.98. The SMILES string of the molecule is CCC(C)(C)N(C)C(=O)N(CC(=O)O)CC(=O)O. The summed E-state index contributed by atoms with van der Waals surface area (Å²) in [7, 11) is 1.53. The number of carbonyl (C=O) groups excluding carboxylic acids is 1. The first-order chi connectivity index (χ1) is 8.11. The van der Waals surface area contributed by atoms with Crippen LogP contribution < -0.4 is 0 Å². The zero-order valence-electron chi connectivity index (χ0n) is 11.1. The summed E-state index contributed by atoms with van der Waals surface area (Å²) in [5.41, 5.74) is -0.466. The molecule has 0 aromatic carbocycles. The van der Waals surface area contributed by atoms with Gasteiger partial charge >= 0.3 is 18.0 Å². The monoisotopic (exact) mass is 260 g/mol. The fourth-order valence-electron chi connectivity index (χ4n) is 1.23. The molecule has 0 rings (SSSR count). The lowest BCUT2D eigenvalue weighted by molar-refractivity contribution is -0.140. The molecule has 2 amide bonds. The standard InChI is InChI=1S/C11H20N2O5/c1-5-11(2,3)12(4)10(18)13(6-8(14)15)7-9(16)17/h5-7H2,1-4H3,(H,14,15)(H,16,17). The number of nitrogens with zero attached hydrogens (tertiary/aromatic N) is 2. The summed E-state index contributed by atoms with van der Waals surface area (Å²) in [5, 5.41) is 17.4. The summed E-state index contributed by atoms with van der Waals surface area (Å²) >= 11 is 0. The summed E-state index contributed by atoms with van der Waals surface area (Å²) in [5.74, 6) is -2.49. The Balaban J connectivity index is 4.94. The molecule has 18 heavy (non-hydrogen) atoms. The first kappa shape index (κ1) is 16.2. The van der Waals surface area contributed by atoms with Crippen molar-refractivity contribution in [3.05, 3.63) is 0 Å². The lowest BCUT2D eigenvalue weighted by Crippen LogP contribution is -2.53. The highest BCUT2D eigenvalue weighted by atomic mass is 16.4. The van der Waals surface area contributed by atoms with E-state index in [1.165, 1.54) is 11.9 Å². The van der Waals surface area contributed by atoms with Gasteiger partial charge in [0.2, 0.25) is 0 Å². The summed E-state index contributed by atoms with van der Waals surface area (Å²) in [6.45, 7) is 4.28. The van der Waals surface area contributed by atoms with E-state index in [1.54, 1.807) is 0 Å². The van der Waals surface area contributed by atoms with E-state index in [4.69, 9.17) is 10.2 Å². The minimum atomic E-state index is -1.24. The van der Waals surface area contributed by atoms with Crippen LogP contribution in [0.5, 0.6) is 0 Å². The molecule has 0 aliphatic carbocycles. The summed E-state index contributed by atoms with van der Waals surface area (Å²) in [6.07, 6.45) is 0.670. The van der Waals surface area contributed by atoms with Crippen LogP contribution in [0, 0.1) is 0 Å². The molecular weight excluding hydrogens is 240 g/mol. The van der Waals surface area contributed by atoms with Gasteiger partial charge in [-0.3, -0.25) is 9.59 Å². The summed E-state index contributed by atoms with van der Waals surface area (Å²) in [4.78, 5) is 35.5. The average molecular weight is 260 g/mol. The molecule has 0 saturated carbocycles. The maximum Gasteiger partial charge on any atom is 0.323 e. The van der Waals surface area contributed by atoms with Gasteiger partial charge in [-0.05, 0) is 20.3 Å². The minimum Gasteiger partial charge on any atom is -0.480 e. The lowest BCUT2D eigenvalue weighted by atomic mass is 10.0. The predicted molar refractivity (Wildman–Crippen MR) is 64.4 cm³/mol. The molecule has 0 spiro atoms. The zero-order chi connectivity index (χ0) is 14.5. The van der Waals surface area contributed by atoms with Crippen LogP contribution >= 0.6 is 0 Å². The first-order valence-electron chi connectivity index (χ1n) is 5.58. The van der Waals surface area contributed by atoms with Crippen molar-refractivity contribution in [3.8, 4) is 0 Å². The normalized spacial score (nSPS) is 10.9. The molecule has 0 unspecified atom stereocenters. The maximum atomic E-state index is 12.0. The van der Waals surface area contributed by atoms with Gasteiger partial charge in [0.05, 0.1) is 0 Å². The molecule has 0 fully saturated rings. The van der Waals surface area contributed by atoms with Gasteiger partial charge in [-0.25, -0.2) is 4.79 Å². The van der Waals surface area contributed by atoms with Crippen LogP contribution in [0.4, 0.5) is 4.79 Å². The fraction of sp³-hybridized carbons (Fsp3) is 0.727. The molecule has 0 aromatic heterocycles. The fourth-order valence-corrected chi connectivity index (χ4v) is 1.23. The van der Waals surface area contributed by atoms with E-state index in [1.807, 2.05) is 20.8 Å².